The Hall–Kier alpha value is -1.95. The van der Waals surface area contributed by atoms with Crippen molar-refractivity contribution in [3.05, 3.63) is 69.8 Å². The molecule has 4 nitrogen and oxygen atoms in total. The first kappa shape index (κ1) is 19.7. The van der Waals surface area contributed by atoms with Gasteiger partial charge in [-0.05, 0) is 79.3 Å². The fourth-order valence-electron chi connectivity index (χ4n) is 5.94. The van der Waals surface area contributed by atoms with Gasteiger partial charge >= 0.3 is 0 Å². The maximum atomic E-state index is 12.3. The molecule has 5 heteroatoms. The molecule has 2 fully saturated rings. The highest BCUT2D eigenvalue weighted by atomic mass is 79.9. The molecule has 0 amide bonds. The van der Waals surface area contributed by atoms with E-state index in [-0.39, 0.29) is 5.75 Å². The fraction of sp³-hybridized carbons (Fsp3) is 0.423. The second-order valence-corrected chi connectivity index (χ2v) is 10.8. The van der Waals surface area contributed by atoms with Gasteiger partial charge in [-0.1, -0.05) is 28.1 Å². The van der Waals surface area contributed by atoms with Crippen LogP contribution in [0.1, 0.15) is 36.1 Å². The van der Waals surface area contributed by atoms with Crippen molar-refractivity contribution in [2.45, 2.75) is 43.1 Å². The number of pyridine rings is 1. The molecule has 3 aromatic rings. The van der Waals surface area contributed by atoms with Gasteiger partial charge in [-0.25, -0.2) is 0 Å². The van der Waals surface area contributed by atoms with Gasteiger partial charge in [0.15, 0.2) is 0 Å². The van der Waals surface area contributed by atoms with Crippen LogP contribution in [-0.2, 0) is 18.3 Å². The third-order valence-electron chi connectivity index (χ3n) is 7.74. The van der Waals surface area contributed by atoms with Gasteiger partial charge in [-0.15, -0.1) is 0 Å². The van der Waals surface area contributed by atoms with E-state index in [4.69, 9.17) is 4.98 Å². The number of likely N-dealkylation sites (tertiary alicyclic amines) is 1. The molecular formula is C26H27BrN2O2. The van der Waals surface area contributed by atoms with E-state index >= 15 is 0 Å². The van der Waals surface area contributed by atoms with E-state index in [1.54, 1.807) is 6.07 Å². The number of fused-ring (bicyclic) bond motifs is 3. The molecule has 2 atom stereocenters. The maximum absolute atomic E-state index is 12.3. The van der Waals surface area contributed by atoms with Crippen LogP contribution in [0, 0.1) is 5.92 Å². The minimum atomic E-state index is -0.887. The topological polar surface area (TPSA) is 56.6 Å². The van der Waals surface area contributed by atoms with E-state index in [0.29, 0.717) is 19.4 Å². The third-order valence-corrected chi connectivity index (χ3v) is 8.23. The Bertz CT molecular complexity index is 1180. The van der Waals surface area contributed by atoms with Crippen LogP contribution in [0.25, 0.3) is 10.9 Å². The van der Waals surface area contributed by atoms with E-state index < -0.39 is 11.0 Å². The van der Waals surface area contributed by atoms with E-state index in [1.807, 2.05) is 18.2 Å². The van der Waals surface area contributed by atoms with Crippen LogP contribution in [0.2, 0.25) is 0 Å². The highest BCUT2D eigenvalue weighted by Gasteiger charge is 2.57. The first-order valence-electron chi connectivity index (χ1n) is 11.3. The summed E-state index contributed by atoms with van der Waals surface area (Å²) in [5.41, 5.74) is 2.93. The Morgan fingerprint density at radius 1 is 1.10 bits per heavy atom. The van der Waals surface area contributed by atoms with Gasteiger partial charge in [-0.2, -0.15) is 0 Å². The zero-order valence-corrected chi connectivity index (χ0v) is 19.1. The van der Waals surface area contributed by atoms with Gasteiger partial charge in [0.2, 0.25) is 0 Å². The van der Waals surface area contributed by atoms with Crippen LogP contribution in [0.5, 0.6) is 5.75 Å². The van der Waals surface area contributed by atoms with Crippen molar-refractivity contribution >= 4 is 26.8 Å². The van der Waals surface area contributed by atoms with Gasteiger partial charge in [0, 0.05) is 46.9 Å². The lowest BCUT2D eigenvalue weighted by atomic mass is 9.56. The summed E-state index contributed by atoms with van der Waals surface area (Å²) in [6.07, 6.45) is 4.81. The van der Waals surface area contributed by atoms with E-state index in [0.717, 1.165) is 57.6 Å². The SMILES string of the molecule is Oc1cccc([C@@]23CCN(CC4CC4)C[C@@]2(O)Cc2cc4cc(Br)ccc4nc2C3)c1. The molecule has 0 radical (unpaired) electrons. The molecule has 1 saturated heterocycles. The largest absolute Gasteiger partial charge is 0.508 e. The Morgan fingerprint density at radius 3 is 2.77 bits per heavy atom. The molecule has 160 valence electrons. The summed E-state index contributed by atoms with van der Waals surface area (Å²) >= 11 is 3.57. The number of β-amino-alcohol motifs (C(OH)–C–C–N with tert-alkyl or cyclic N) is 1. The number of phenols is 1. The number of hydrogen-bond donors (Lipinski definition) is 2. The van der Waals surface area contributed by atoms with Gasteiger partial charge < -0.3 is 15.1 Å². The van der Waals surface area contributed by atoms with Crippen LogP contribution in [0.15, 0.2) is 53.0 Å². The first-order valence-corrected chi connectivity index (χ1v) is 12.1. The van der Waals surface area contributed by atoms with Crippen LogP contribution < -0.4 is 0 Å². The summed E-state index contributed by atoms with van der Waals surface area (Å²) in [5.74, 6) is 1.06. The van der Waals surface area contributed by atoms with E-state index in [2.05, 4.69) is 45.1 Å². The number of halogens is 1. The average molecular weight is 479 g/mol. The molecular weight excluding hydrogens is 452 g/mol. The molecule has 31 heavy (non-hydrogen) atoms. The van der Waals surface area contributed by atoms with E-state index in [1.165, 1.54) is 12.8 Å². The van der Waals surface area contributed by atoms with Crippen molar-refractivity contribution in [3.63, 3.8) is 0 Å². The van der Waals surface area contributed by atoms with Gasteiger partial charge in [0.25, 0.3) is 0 Å². The molecule has 2 aromatic carbocycles. The predicted molar refractivity (Wildman–Crippen MR) is 125 cm³/mol. The summed E-state index contributed by atoms with van der Waals surface area (Å²) in [6.45, 7) is 2.74. The van der Waals surface area contributed by atoms with Crippen LogP contribution in [-0.4, -0.2) is 45.3 Å². The molecule has 0 bridgehead atoms. The number of hydrogen-bond acceptors (Lipinski definition) is 4. The van der Waals surface area contributed by atoms with Crippen LogP contribution in [0.4, 0.5) is 0 Å². The molecule has 2 N–H and O–H groups in total. The number of aromatic hydroxyl groups is 1. The Kier molecular flexibility index (Phi) is 4.47. The summed E-state index contributed by atoms with van der Waals surface area (Å²) < 4.78 is 1.04. The number of aliphatic hydroxyl groups is 1. The number of phenolic OH excluding ortho intramolecular Hbond substituents is 1. The highest BCUT2D eigenvalue weighted by Crippen LogP contribution is 2.51. The quantitative estimate of drug-likeness (QED) is 0.577. The van der Waals surface area contributed by atoms with Crippen molar-refractivity contribution in [2.75, 3.05) is 19.6 Å². The Morgan fingerprint density at radius 2 is 1.97 bits per heavy atom. The summed E-state index contributed by atoms with van der Waals surface area (Å²) in [6, 6.07) is 15.9. The zero-order valence-electron chi connectivity index (χ0n) is 17.5. The maximum Gasteiger partial charge on any atom is 0.115 e. The van der Waals surface area contributed by atoms with Crippen molar-refractivity contribution in [1.82, 2.24) is 9.88 Å². The average Bonchev–Trinajstić information content (AvgIpc) is 3.54. The molecule has 2 heterocycles. The molecule has 1 aliphatic heterocycles. The summed E-state index contributed by atoms with van der Waals surface area (Å²) in [7, 11) is 0. The van der Waals surface area contributed by atoms with Crippen LogP contribution >= 0.6 is 15.9 Å². The lowest BCUT2D eigenvalue weighted by Crippen LogP contribution is -2.66. The smallest absolute Gasteiger partial charge is 0.115 e. The normalized spacial score (nSPS) is 28.3. The molecule has 6 rings (SSSR count). The van der Waals surface area contributed by atoms with Gasteiger partial charge in [-0.3, -0.25) is 4.98 Å². The predicted octanol–water partition coefficient (Wildman–Crippen LogP) is 4.59. The minimum Gasteiger partial charge on any atom is -0.508 e. The lowest BCUT2D eigenvalue weighted by molar-refractivity contribution is -0.104. The molecule has 0 spiro atoms. The standard InChI is InChI=1S/C26H27BrN2O2/c27-21-6-7-23-18(11-21)10-19-13-26(31)16-29(15-17-4-5-17)9-8-25(26,14-24(19)28-23)20-2-1-3-22(30)12-20/h1-3,6-7,10-12,17,30-31H,4-5,8-9,13-16H2/t25-,26-/m0/s1. The molecule has 0 unspecified atom stereocenters. The molecule has 3 aliphatic rings. The second kappa shape index (κ2) is 7.03. The van der Waals surface area contributed by atoms with Crippen LogP contribution in [0.3, 0.4) is 0 Å². The monoisotopic (exact) mass is 478 g/mol. The number of nitrogens with zero attached hydrogens (tertiary/aromatic N) is 2. The second-order valence-electron chi connectivity index (χ2n) is 9.88. The van der Waals surface area contributed by atoms with Crippen molar-refractivity contribution in [2.24, 2.45) is 5.92 Å². The highest BCUT2D eigenvalue weighted by molar-refractivity contribution is 9.10. The third kappa shape index (κ3) is 3.29. The number of piperidine rings is 1. The number of rotatable bonds is 3. The van der Waals surface area contributed by atoms with Crippen molar-refractivity contribution in [1.29, 1.82) is 0 Å². The molecule has 2 aliphatic carbocycles. The molecule has 1 saturated carbocycles. The Balaban J connectivity index is 1.48. The summed E-state index contributed by atoms with van der Waals surface area (Å²) in [5, 5.41) is 23.7. The zero-order chi connectivity index (χ0) is 21.2. The summed E-state index contributed by atoms with van der Waals surface area (Å²) in [4.78, 5) is 7.51. The number of benzene rings is 2. The fourth-order valence-corrected chi connectivity index (χ4v) is 6.32. The van der Waals surface area contributed by atoms with Gasteiger partial charge in [0.05, 0.1) is 11.1 Å². The van der Waals surface area contributed by atoms with Gasteiger partial charge in [0.1, 0.15) is 5.75 Å². The minimum absolute atomic E-state index is 0.261. The van der Waals surface area contributed by atoms with E-state index in [9.17, 15) is 10.2 Å². The van der Waals surface area contributed by atoms with Crippen molar-refractivity contribution in [3.8, 4) is 5.75 Å². The first-order chi connectivity index (χ1) is 14.9. The lowest BCUT2D eigenvalue weighted by Gasteiger charge is -2.56. The number of aromatic nitrogens is 1. The van der Waals surface area contributed by atoms with Crippen molar-refractivity contribution < 1.29 is 10.2 Å². The Labute approximate surface area is 191 Å². The molecule has 1 aromatic heterocycles.